The average Bonchev–Trinajstić information content (AvgIpc) is 2.37. The lowest BCUT2D eigenvalue weighted by Crippen LogP contribution is -2.51. The van der Waals surface area contributed by atoms with E-state index in [4.69, 9.17) is 4.74 Å². The van der Waals surface area contributed by atoms with Crippen LogP contribution in [0.1, 0.15) is 45.4 Å². The molecule has 0 spiro atoms. The highest BCUT2D eigenvalue weighted by Gasteiger charge is 2.54. The number of rotatable bonds is 3. The fraction of sp³-hybridized carbons (Fsp3) is 0.875. The molecule has 104 valence electrons. The maximum absolute atomic E-state index is 11.6. The second-order valence-electron chi connectivity index (χ2n) is 7.24. The number of carbonyl (C=O) groups excluding carboxylic acids is 1. The van der Waals surface area contributed by atoms with Gasteiger partial charge in [-0.2, -0.15) is 5.26 Å². The third-order valence-corrected chi connectivity index (χ3v) is 5.96. The van der Waals surface area contributed by atoms with E-state index in [-0.39, 0.29) is 12.4 Å². The molecular weight excluding hydrogens is 238 g/mol. The van der Waals surface area contributed by atoms with Crippen molar-refractivity contribution in [3.8, 4) is 6.07 Å². The fourth-order valence-electron chi connectivity index (χ4n) is 5.57. The van der Waals surface area contributed by atoms with Gasteiger partial charge in [-0.15, -0.1) is 0 Å². The van der Waals surface area contributed by atoms with Crippen LogP contribution in [0, 0.1) is 46.3 Å². The van der Waals surface area contributed by atoms with E-state index >= 15 is 0 Å². The van der Waals surface area contributed by atoms with E-state index in [0.29, 0.717) is 17.8 Å². The zero-order chi connectivity index (χ0) is 13.6. The lowest BCUT2D eigenvalue weighted by atomic mass is 9.46. The van der Waals surface area contributed by atoms with Crippen LogP contribution in [0.3, 0.4) is 0 Å². The van der Waals surface area contributed by atoms with Gasteiger partial charge in [0.05, 0.1) is 25.0 Å². The normalized spacial score (nSPS) is 42.5. The van der Waals surface area contributed by atoms with Crippen molar-refractivity contribution in [2.75, 3.05) is 7.11 Å². The summed E-state index contributed by atoms with van der Waals surface area (Å²) in [5.41, 5.74) is -0.532. The van der Waals surface area contributed by atoms with Crippen LogP contribution in [-0.4, -0.2) is 13.1 Å². The molecule has 0 saturated heterocycles. The Morgan fingerprint density at radius 2 is 1.74 bits per heavy atom. The van der Waals surface area contributed by atoms with E-state index in [1.165, 1.54) is 39.2 Å². The summed E-state index contributed by atoms with van der Waals surface area (Å²) in [6.45, 7) is 1.98. The van der Waals surface area contributed by atoms with E-state index in [1.807, 2.05) is 6.92 Å². The van der Waals surface area contributed by atoms with Crippen molar-refractivity contribution in [1.82, 2.24) is 0 Å². The number of esters is 1. The van der Waals surface area contributed by atoms with E-state index in [0.717, 1.165) is 11.8 Å². The summed E-state index contributed by atoms with van der Waals surface area (Å²) in [4.78, 5) is 11.6. The van der Waals surface area contributed by atoms with Crippen molar-refractivity contribution in [2.45, 2.75) is 45.4 Å². The summed E-state index contributed by atoms with van der Waals surface area (Å²) in [7, 11) is 1.41. The Balaban J connectivity index is 1.84. The molecule has 0 aliphatic heterocycles. The third-order valence-electron chi connectivity index (χ3n) is 5.96. The van der Waals surface area contributed by atoms with Gasteiger partial charge in [0.2, 0.25) is 0 Å². The second kappa shape index (κ2) is 4.51. The van der Waals surface area contributed by atoms with E-state index in [1.54, 1.807) is 0 Å². The maximum Gasteiger partial charge on any atom is 0.307 e. The smallest absolute Gasteiger partial charge is 0.307 e. The molecule has 3 heteroatoms. The van der Waals surface area contributed by atoms with Crippen molar-refractivity contribution in [1.29, 1.82) is 5.26 Å². The molecule has 4 aliphatic carbocycles. The minimum atomic E-state index is -0.532. The molecule has 3 nitrogen and oxygen atoms in total. The topological polar surface area (TPSA) is 50.1 Å². The summed E-state index contributed by atoms with van der Waals surface area (Å²) in [5, 5.41) is 9.66. The predicted octanol–water partition coefficient (Wildman–Crippen LogP) is 3.15. The molecule has 1 atom stereocenters. The zero-order valence-electron chi connectivity index (χ0n) is 11.9. The Morgan fingerprint density at radius 1 is 1.21 bits per heavy atom. The highest BCUT2D eigenvalue weighted by Crippen LogP contribution is 2.61. The summed E-state index contributed by atoms with van der Waals surface area (Å²) < 4.78 is 4.80. The van der Waals surface area contributed by atoms with Gasteiger partial charge >= 0.3 is 5.97 Å². The molecule has 4 rings (SSSR count). The lowest BCUT2D eigenvalue weighted by Gasteiger charge is -2.57. The SMILES string of the molecule is COC(=O)CC(C)(C#N)C1C2CC3CC(C2)CC1C3. The Hall–Kier alpha value is -1.04. The standard InChI is InChI=1S/C16H23NO2/c1-16(9-17,8-14(18)19-2)15-12-4-10-3-11(6-12)7-13(15)5-10/h10-13,15H,3-8H2,1-2H3. The molecule has 0 aromatic heterocycles. The first-order valence-corrected chi connectivity index (χ1v) is 7.54. The van der Waals surface area contributed by atoms with Crippen LogP contribution in [0.5, 0.6) is 0 Å². The van der Waals surface area contributed by atoms with Crippen molar-refractivity contribution in [3.63, 3.8) is 0 Å². The first-order chi connectivity index (χ1) is 9.05. The number of nitrogens with zero attached hydrogens (tertiary/aromatic N) is 1. The van der Waals surface area contributed by atoms with Crippen LogP contribution in [0.15, 0.2) is 0 Å². The summed E-state index contributed by atoms with van der Waals surface area (Å²) in [6, 6.07) is 2.47. The molecule has 4 aliphatic rings. The van der Waals surface area contributed by atoms with Crippen LogP contribution in [0.4, 0.5) is 0 Å². The van der Waals surface area contributed by atoms with E-state index in [9.17, 15) is 10.1 Å². The molecule has 0 radical (unpaired) electrons. The summed E-state index contributed by atoms with van der Waals surface area (Å²) in [6.07, 6.45) is 6.82. The minimum absolute atomic E-state index is 0.238. The summed E-state index contributed by atoms with van der Waals surface area (Å²) in [5.74, 6) is 3.32. The Kier molecular flexibility index (Phi) is 3.08. The summed E-state index contributed by atoms with van der Waals surface area (Å²) >= 11 is 0. The molecule has 4 fully saturated rings. The molecule has 19 heavy (non-hydrogen) atoms. The van der Waals surface area contributed by atoms with Gasteiger partial charge in [0.1, 0.15) is 0 Å². The molecule has 4 saturated carbocycles. The number of carbonyl (C=O) groups is 1. The van der Waals surface area contributed by atoms with Crippen LogP contribution in [0.25, 0.3) is 0 Å². The van der Waals surface area contributed by atoms with Crippen LogP contribution in [0.2, 0.25) is 0 Å². The first-order valence-electron chi connectivity index (χ1n) is 7.54. The highest BCUT2D eigenvalue weighted by molar-refractivity contribution is 5.70. The van der Waals surface area contributed by atoms with Gasteiger partial charge in [-0.05, 0) is 68.6 Å². The average molecular weight is 261 g/mol. The quantitative estimate of drug-likeness (QED) is 0.733. The lowest BCUT2D eigenvalue weighted by molar-refractivity contribution is -0.146. The van der Waals surface area contributed by atoms with Gasteiger partial charge in [0, 0.05) is 0 Å². The molecule has 4 bridgehead atoms. The molecule has 1 unspecified atom stereocenters. The third kappa shape index (κ3) is 2.06. The number of methoxy groups -OCH3 is 1. The predicted molar refractivity (Wildman–Crippen MR) is 70.9 cm³/mol. The fourth-order valence-corrected chi connectivity index (χ4v) is 5.57. The van der Waals surface area contributed by atoms with E-state index in [2.05, 4.69) is 6.07 Å². The van der Waals surface area contributed by atoms with Gasteiger partial charge in [0.25, 0.3) is 0 Å². The molecule has 0 heterocycles. The largest absolute Gasteiger partial charge is 0.469 e. The van der Waals surface area contributed by atoms with Crippen LogP contribution < -0.4 is 0 Å². The van der Waals surface area contributed by atoms with Crippen molar-refractivity contribution >= 4 is 5.97 Å². The van der Waals surface area contributed by atoms with Gasteiger partial charge in [-0.25, -0.2) is 0 Å². The maximum atomic E-state index is 11.6. The number of hydrogen-bond donors (Lipinski definition) is 0. The number of nitriles is 1. The number of ether oxygens (including phenoxy) is 1. The Morgan fingerprint density at radius 3 is 2.16 bits per heavy atom. The van der Waals surface area contributed by atoms with Crippen LogP contribution in [-0.2, 0) is 9.53 Å². The highest BCUT2D eigenvalue weighted by atomic mass is 16.5. The molecule has 0 amide bonds. The number of hydrogen-bond acceptors (Lipinski definition) is 3. The molecule has 0 aromatic carbocycles. The first kappa shape index (κ1) is 13.0. The van der Waals surface area contributed by atoms with Crippen molar-refractivity contribution < 1.29 is 9.53 Å². The van der Waals surface area contributed by atoms with Crippen molar-refractivity contribution in [2.24, 2.45) is 35.0 Å². The van der Waals surface area contributed by atoms with E-state index < -0.39 is 5.41 Å². The van der Waals surface area contributed by atoms with Crippen LogP contribution >= 0.6 is 0 Å². The van der Waals surface area contributed by atoms with Gasteiger partial charge in [0.15, 0.2) is 0 Å². The Labute approximate surface area is 115 Å². The monoisotopic (exact) mass is 261 g/mol. The van der Waals surface area contributed by atoms with Crippen molar-refractivity contribution in [3.05, 3.63) is 0 Å². The molecule has 0 N–H and O–H groups in total. The Bertz CT molecular complexity index is 397. The molecule has 0 aromatic rings. The van der Waals surface area contributed by atoms with Gasteiger partial charge in [-0.1, -0.05) is 0 Å². The zero-order valence-corrected chi connectivity index (χ0v) is 11.9. The van der Waals surface area contributed by atoms with Gasteiger partial charge < -0.3 is 4.74 Å². The second-order valence-corrected chi connectivity index (χ2v) is 7.24. The molecular formula is C16H23NO2. The minimum Gasteiger partial charge on any atom is -0.469 e. The van der Waals surface area contributed by atoms with Gasteiger partial charge in [-0.3, -0.25) is 4.79 Å².